The molecule has 5 heteroatoms. The molecule has 4 aromatic rings. The fourth-order valence-electron chi connectivity index (χ4n) is 6.77. The molecule has 0 fully saturated rings. The number of nitrogens with one attached hydrogen (secondary N) is 2. The highest BCUT2D eigenvalue weighted by molar-refractivity contribution is 6.03. The van der Waals surface area contributed by atoms with Crippen LogP contribution in [0.5, 0.6) is 0 Å². The molecule has 0 aromatic heterocycles. The van der Waals surface area contributed by atoms with Gasteiger partial charge in [-0.1, -0.05) is 86.6 Å². The third-order valence-electron chi connectivity index (χ3n) is 9.12. The van der Waals surface area contributed by atoms with Gasteiger partial charge in [-0.05, 0) is 77.8 Å². The van der Waals surface area contributed by atoms with Crippen molar-refractivity contribution in [2.45, 2.75) is 59.0 Å². The molecule has 0 spiro atoms. The van der Waals surface area contributed by atoms with Crippen molar-refractivity contribution in [1.82, 2.24) is 0 Å². The smallest absolute Gasteiger partial charge is 0.163 e. The first-order valence-corrected chi connectivity index (χ1v) is 15.2. The first-order chi connectivity index (χ1) is 20.8. The molecular weight excluding hydrogens is 528 g/mol. The molecule has 3 aliphatic rings. The number of benzene rings is 4. The van der Waals surface area contributed by atoms with Crippen molar-refractivity contribution in [2.75, 3.05) is 15.6 Å². The molecule has 216 valence electrons. The average Bonchev–Trinajstić information content (AvgIpc) is 3.38. The van der Waals surface area contributed by atoms with Crippen LogP contribution in [0.25, 0.3) is 0 Å². The monoisotopic (exact) mass is 566 g/mol. The van der Waals surface area contributed by atoms with Gasteiger partial charge in [-0.3, -0.25) is 9.80 Å². The van der Waals surface area contributed by atoms with E-state index in [9.17, 15) is 4.79 Å². The Balaban J connectivity index is 1.28. The zero-order valence-corrected chi connectivity index (χ0v) is 25.3. The van der Waals surface area contributed by atoms with Gasteiger partial charge >= 0.3 is 0 Å². The summed E-state index contributed by atoms with van der Waals surface area (Å²) >= 11 is 0. The number of allylic oxidation sites excluding steroid dienone is 1. The van der Waals surface area contributed by atoms with Crippen LogP contribution in [0, 0.1) is 19.3 Å². The molecular formula is C38H38N4O. The minimum atomic E-state index is -0.240. The number of carbonyl (C=O) groups is 1. The second-order valence-corrected chi connectivity index (χ2v) is 13.0. The molecule has 0 saturated heterocycles. The Morgan fingerprint density at radius 2 is 1.44 bits per heavy atom. The molecule has 2 atom stereocenters. The predicted molar refractivity (Wildman–Crippen MR) is 177 cm³/mol. The largest absolute Gasteiger partial charge is 0.372 e. The van der Waals surface area contributed by atoms with Gasteiger partial charge in [0.1, 0.15) is 0 Å². The highest BCUT2D eigenvalue weighted by atomic mass is 16.1. The quantitative estimate of drug-likeness (QED) is 0.259. The van der Waals surface area contributed by atoms with Crippen LogP contribution in [0.1, 0.15) is 73.0 Å². The number of hydrazone groups is 1. The molecule has 5 nitrogen and oxygen atoms in total. The molecule has 0 bridgehead atoms. The van der Waals surface area contributed by atoms with Gasteiger partial charge in [0.15, 0.2) is 5.78 Å². The summed E-state index contributed by atoms with van der Waals surface area (Å²) in [5, 5.41) is 14.8. The first-order valence-electron chi connectivity index (χ1n) is 15.2. The van der Waals surface area contributed by atoms with Crippen LogP contribution in [0.4, 0.5) is 17.1 Å². The fourth-order valence-corrected chi connectivity index (χ4v) is 6.77. The number of anilines is 3. The fraction of sp³-hybridized carbons (Fsp3) is 0.263. The SMILES string of the molecule is Cc1cc2c(cc1C)N[C@@H](c1ccc(N3N=C(c4ccccc4)C[C@@H]3c3ccccc3)cc1)C1=C(CC(C)(C)CC1=O)N2. The number of Topliss-reactive ketones (excluding diaryl/α,β-unsaturated/α-hetero) is 1. The Labute approximate surface area is 254 Å². The zero-order valence-electron chi connectivity index (χ0n) is 25.3. The second-order valence-electron chi connectivity index (χ2n) is 13.0. The highest BCUT2D eigenvalue weighted by Gasteiger charge is 2.39. The van der Waals surface area contributed by atoms with E-state index in [2.05, 4.69) is 134 Å². The van der Waals surface area contributed by atoms with E-state index in [-0.39, 0.29) is 23.3 Å². The Bertz CT molecular complexity index is 1750. The summed E-state index contributed by atoms with van der Waals surface area (Å²) in [6, 6.07) is 34.0. The Morgan fingerprint density at radius 1 is 0.791 bits per heavy atom. The minimum Gasteiger partial charge on any atom is -0.372 e. The lowest BCUT2D eigenvalue weighted by atomic mass is 9.73. The van der Waals surface area contributed by atoms with Gasteiger partial charge in [-0.25, -0.2) is 0 Å². The lowest BCUT2D eigenvalue weighted by Crippen LogP contribution is -2.31. The number of ketones is 1. The van der Waals surface area contributed by atoms with Crippen molar-refractivity contribution >= 4 is 28.6 Å². The van der Waals surface area contributed by atoms with E-state index in [4.69, 9.17) is 5.10 Å². The van der Waals surface area contributed by atoms with E-state index in [0.717, 1.165) is 58.0 Å². The zero-order chi connectivity index (χ0) is 29.7. The maximum absolute atomic E-state index is 13.7. The number of aryl methyl sites for hydroxylation is 2. The number of hydrogen-bond acceptors (Lipinski definition) is 5. The van der Waals surface area contributed by atoms with E-state index >= 15 is 0 Å². The molecule has 1 aliphatic carbocycles. The molecule has 2 N–H and O–H groups in total. The Hall–Kier alpha value is -4.64. The standard InChI is InChI=1S/C38H38N4O/c1-24-19-31-32(20-25(24)2)40-37(36-33(39-31)22-38(3,4)23-35(36)43)28-15-17-29(18-16-28)42-34(27-13-9-6-10-14-27)21-30(41-42)26-11-7-5-8-12-26/h5-20,34,37,39-40H,21-23H2,1-4H3/t34-,37+/m1/s1. The van der Waals surface area contributed by atoms with Crippen LogP contribution in [0.3, 0.4) is 0 Å². The summed E-state index contributed by atoms with van der Waals surface area (Å²) in [4.78, 5) is 13.7. The molecule has 43 heavy (non-hydrogen) atoms. The van der Waals surface area contributed by atoms with Crippen LogP contribution in [0.2, 0.25) is 0 Å². The summed E-state index contributed by atoms with van der Waals surface area (Å²) in [7, 11) is 0. The number of rotatable bonds is 4. The van der Waals surface area contributed by atoms with Crippen LogP contribution in [0.15, 0.2) is 113 Å². The van der Waals surface area contributed by atoms with Gasteiger partial charge < -0.3 is 10.6 Å². The lowest BCUT2D eigenvalue weighted by molar-refractivity contribution is -0.118. The topological polar surface area (TPSA) is 56.7 Å². The van der Waals surface area contributed by atoms with Gasteiger partial charge in [-0.2, -0.15) is 5.10 Å². The normalized spacial score (nSPS) is 20.9. The lowest BCUT2D eigenvalue weighted by Gasteiger charge is -2.34. The van der Waals surface area contributed by atoms with Crippen molar-refractivity contribution in [3.63, 3.8) is 0 Å². The van der Waals surface area contributed by atoms with Crippen LogP contribution in [-0.4, -0.2) is 11.5 Å². The molecule has 0 amide bonds. The second kappa shape index (κ2) is 10.6. The number of fused-ring (bicyclic) bond motifs is 1. The van der Waals surface area contributed by atoms with Gasteiger partial charge in [0, 0.05) is 24.1 Å². The average molecular weight is 567 g/mol. The third kappa shape index (κ3) is 5.14. The summed E-state index contributed by atoms with van der Waals surface area (Å²) < 4.78 is 0. The van der Waals surface area contributed by atoms with Crippen molar-refractivity contribution in [3.05, 3.63) is 136 Å². The minimum absolute atomic E-state index is 0.0851. The van der Waals surface area contributed by atoms with Gasteiger partial charge in [0.2, 0.25) is 0 Å². The van der Waals surface area contributed by atoms with Gasteiger partial charge in [0.05, 0.1) is 34.9 Å². The number of hydrogen-bond donors (Lipinski definition) is 2. The van der Waals surface area contributed by atoms with Crippen LogP contribution in [-0.2, 0) is 4.79 Å². The summed E-state index contributed by atoms with van der Waals surface area (Å²) in [5.74, 6) is 0.211. The molecule has 2 aliphatic heterocycles. The number of nitrogens with zero attached hydrogens (tertiary/aromatic N) is 2. The molecule has 2 heterocycles. The van der Waals surface area contributed by atoms with E-state index < -0.39 is 0 Å². The van der Waals surface area contributed by atoms with Gasteiger partial charge in [0.25, 0.3) is 0 Å². The van der Waals surface area contributed by atoms with Crippen LogP contribution >= 0.6 is 0 Å². The van der Waals surface area contributed by atoms with E-state index in [1.807, 2.05) is 6.07 Å². The van der Waals surface area contributed by atoms with E-state index in [0.29, 0.717) is 6.42 Å². The van der Waals surface area contributed by atoms with Crippen molar-refractivity contribution in [1.29, 1.82) is 0 Å². The Kier molecular flexibility index (Phi) is 6.69. The third-order valence-corrected chi connectivity index (χ3v) is 9.12. The predicted octanol–water partition coefficient (Wildman–Crippen LogP) is 8.88. The summed E-state index contributed by atoms with van der Waals surface area (Å²) in [6.45, 7) is 8.64. The summed E-state index contributed by atoms with van der Waals surface area (Å²) in [5.41, 5.74) is 11.9. The van der Waals surface area contributed by atoms with Crippen molar-refractivity contribution in [2.24, 2.45) is 10.5 Å². The molecule has 0 unspecified atom stereocenters. The maximum atomic E-state index is 13.7. The van der Waals surface area contributed by atoms with E-state index in [1.165, 1.54) is 16.7 Å². The molecule has 7 rings (SSSR count). The molecule has 0 saturated carbocycles. The van der Waals surface area contributed by atoms with Crippen LogP contribution < -0.4 is 15.6 Å². The summed E-state index contributed by atoms with van der Waals surface area (Å²) in [6.07, 6.45) is 2.21. The number of carbonyl (C=O) groups excluding carboxylic acids is 1. The maximum Gasteiger partial charge on any atom is 0.163 e. The van der Waals surface area contributed by atoms with Gasteiger partial charge in [-0.15, -0.1) is 0 Å². The molecule has 0 radical (unpaired) electrons. The Morgan fingerprint density at radius 3 is 2.14 bits per heavy atom. The first kappa shape index (κ1) is 27.2. The molecule has 4 aromatic carbocycles. The van der Waals surface area contributed by atoms with Crippen molar-refractivity contribution < 1.29 is 4.79 Å². The highest BCUT2D eigenvalue weighted by Crippen LogP contribution is 2.46. The van der Waals surface area contributed by atoms with Crippen molar-refractivity contribution in [3.8, 4) is 0 Å². The van der Waals surface area contributed by atoms with E-state index in [1.54, 1.807) is 0 Å².